The van der Waals surface area contributed by atoms with Crippen molar-refractivity contribution in [3.63, 3.8) is 0 Å². The van der Waals surface area contributed by atoms with Gasteiger partial charge in [-0.3, -0.25) is 9.69 Å². The van der Waals surface area contributed by atoms with Crippen LogP contribution in [-0.4, -0.2) is 55.6 Å². The zero-order chi connectivity index (χ0) is 13.9. The van der Waals surface area contributed by atoms with Gasteiger partial charge < -0.3 is 14.1 Å². The van der Waals surface area contributed by atoms with E-state index in [1.807, 2.05) is 11.0 Å². The number of rotatable bonds is 5. The fraction of sp³-hybridized carbons (Fsp3) is 0.667. The van der Waals surface area contributed by atoms with Gasteiger partial charge in [-0.15, -0.1) is 0 Å². The van der Waals surface area contributed by atoms with E-state index in [2.05, 4.69) is 4.90 Å². The predicted molar refractivity (Wildman–Crippen MR) is 74.0 cm³/mol. The molecular weight excluding hydrogens is 256 g/mol. The van der Waals surface area contributed by atoms with Gasteiger partial charge in [0.05, 0.1) is 25.1 Å². The van der Waals surface area contributed by atoms with Crippen LogP contribution < -0.4 is 0 Å². The van der Waals surface area contributed by atoms with Crippen molar-refractivity contribution < 1.29 is 13.9 Å². The molecule has 3 heterocycles. The largest absolute Gasteiger partial charge is 0.472 e. The van der Waals surface area contributed by atoms with Gasteiger partial charge in [0.15, 0.2) is 0 Å². The van der Waals surface area contributed by atoms with Gasteiger partial charge >= 0.3 is 0 Å². The number of furan rings is 1. The highest BCUT2D eigenvalue weighted by Gasteiger charge is 2.42. The molecule has 1 amide bonds. The summed E-state index contributed by atoms with van der Waals surface area (Å²) in [5, 5.41) is 0. The first-order valence-corrected chi connectivity index (χ1v) is 7.29. The summed E-state index contributed by atoms with van der Waals surface area (Å²) < 4.78 is 10.2. The average molecular weight is 278 g/mol. The zero-order valence-electron chi connectivity index (χ0n) is 12.0. The van der Waals surface area contributed by atoms with Gasteiger partial charge in [0, 0.05) is 45.4 Å². The van der Waals surface area contributed by atoms with Crippen LogP contribution in [0.25, 0.3) is 0 Å². The Morgan fingerprint density at radius 2 is 2.35 bits per heavy atom. The van der Waals surface area contributed by atoms with Gasteiger partial charge in [0.1, 0.15) is 0 Å². The van der Waals surface area contributed by atoms with E-state index in [9.17, 15) is 4.79 Å². The number of hydrogen-bond donors (Lipinski definition) is 0. The Morgan fingerprint density at radius 1 is 1.45 bits per heavy atom. The van der Waals surface area contributed by atoms with E-state index < -0.39 is 0 Å². The Morgan fingerprint density at radius 3 is 3.10 bits per heavy atom. The second kappa shape index (κ2) is 5.97. The molecule has 20 heavy (non-hydrogen) atoms. The third kappa shape index (κ3) is 2.74. The third-order valence-corrected chi connectivity index (χ3v) is 4.47. The van der Waals surface area contributed by atoms with Crippen LogP contribution in [0, 0.1) is 11.8 Å². The monoisotopic (exact) mass is 278 g/mol. The normalized spacial score (nSPS) is 27.1. The van der Waals surface area contributed by atoms with E-state index in [-0.39, 0.29) is 5.92 Å². The lowest BCUT2D eigenvalue weighted by molar-refractivity contribution is -0.140. The molecule has 2 aliphatic rings. The second-order valence-electron chi connectivity index (χ2n) is 5.80. The summed E-state index contributed by atoms with van der Waals surface area (Å²) in [5.41, 5.74) is 1.19. The van der Waals surface area contributed by atoms with Crippen LogP contribution in [0.15, 0.2) is 23.0 Å². The van der Waals surface area contributed by atoms with E-state index in [0.29, 0.717) is 18.4 Å². The summed E-state index contributed by atoms with van der Waals surface area (Å²) in [7, 11) is 1.68. The number of fused-ring (bicyclic) bond motifs is 1. The van der Waals surface area contributed by atoms with E-state index in [0.717, 1.165) is 39.1 Å². The summed E-state index contributed by atoms with van der Waals surface area (Å²) in [4.78, 5) is 16.8. The molecule has 0 aliphatic carbocycles. The smallest absolute Gasteiger partial charge is 0.227 e. The molecule has 110 valence electrons. The van der Waals surface area contributed by atoms with Gasteiger partial charge in [-0.25, -0.2) is 0 Å². The van der Waals surface area contributed by atoms with Gasteiger partial charge in [0.25, 0.3) is 0 Å². The number of hydrogen-bond acceptors (Lipinski definition) is 4. The molecule has 0 N–H and O–H groups in total. The van der Waals surface area contributed by atoms with Crippen LogP contribution >= 0.6 is 0 Å². The van der Waals surface area contributed by atoms with E-state index in [1.54, 1.807) is 19.6 Å². The molecule has 0 radical (unpaired) electrons. The van der Waals surface area contributed by atoms with Gasteiger partial charge in [0.2, 0.25) is 5.91 Å². The first-order valence-electron chi connectivity index (χ1n) is 7.29. The quantitative estimate of drug-likeness (QED) is 0.812. The molecule has 1 aromatic rings. The highest BCUT2D eigenvalue weighted by Crippen LogP contribution is 2.32. The van der Waals surface area contributed by atoms with E-state index >= 15 is 0 Å². The second-order valence-corrected chi connectivity index (χ2v) is 5.80. The molecular formula is C15H22N2O3. The highest BCUT2D eigenvalue weighted by molar-refractivity contribution is 5.80. The minimum atomic E-state index is 0.174. The predicted octanol–water partition coefficient (Wildman–Crippen LogP) is 1.21. The number of ether oxygens (including phenoxy) is 1. The van der Waals surface area contributed by atoms with Crippen molar-refractivity contribution in [2.75, 3.05) is 39.9 Å². The van der Waals surface area contributed by atoms with E-state index in [1.165, 1.54) is 5.56 Å². The van der Waals surface area contributed by atoms with Crippen molar-refractivity contribution in [3.05, 3.63) is 24.2 Å². The maximum atomic E-state index is 12.5. The molecule has 1 aromatic heterocycles. The SMILES string of the molecule is COCCN1CC[C@H]2CN(Cc3ccoc3)C[C@@H]2C1=O. The van der Waals surface area contributed by atoms with Crippen LogP contribution in [0.3, 0.4) is 0 Å². The number of carbonyl (C=O) groups excluding carboxylic acids is 1. The van der Waals surface area contributed by atoms with Crippen molar-refractivity contribution in [1.29, 1.82) is 0 Å². The van der Waals surface area contributed by atoms with Gasteiger partial charge in [-0.2, -0.15) is 0 Å². The summed E-state index contributed by atoms with van der Waals surface area (Å²) >= 11 is 0. The van der Waals surface area contributed by atoms with Gasteiger partial charge in [-0.1, -0.05) is 0 Å². The summed E-state index contributed by atoms with van der Waals surface area (Å²) in [5.74, 6) is 1.01. The standard InChI is InChI=1S/C15H22N2O3/c1-19-7-5-17-4-2-13-9-16(10-14(13)15(17)18)8-12-3-6-20-11-12/h3,6,11,13-14H,2,4-5,7-10H2,1H3/t13-,14-/m0/s1. The van der Waals surface area contributed by atoms with Crippen LogP contribution in [0.1, 0.15) is 12.0 Å². The van der Waals surface area contributed by atoms with Crippen molar-refractivity contribution >= 4 is 5.91 Å². The van der Waals surface area contributed by atoms with Crippen LogP contribution in [0.2, 0.25) is 0 Å². The topological polar surface area (TPSA) is 45.9 Å². The van der Waals surface area contributed by atoms with Crippen molar-refractivity contribution in [2.24, 2.45) is 11.8 Å². The summed E-state index contributed by atoms with van der Waals surface area (Å²) in [6, 6.07) is 1.99. The maximum absolute atomic E-state index is 12.5. The Kier molecular flexibility index (Phi) is 4.08. The minimum Gasteiger partial charge on any atom is -0.472 e. The zero-order valence-corrected chi connectivity index (χ0v) is 12.0. The van der Waals surface area contributed by atoms with Crippen molar-refractivity contribution in [3.8, 4) is 0 Å². The summed E-state index contributed by atoms with van der Waals surface area (Å²) in [6.45, 7) is 5.01. The molecule has 2 fully saturated rings. The fourth-order valence-electron chi connectivity index (χ4n) is 3.39. The lowest BCUT2D eigenvalue weighted by Crippen LogP contribution is -2.46. The van der Waals surface area contributed by atoms with Crippen LogP contribution in [0.4, 0.5) is 0 Å². The Hall–Kier alpha value is -1.33. The first kappa shape index (κ1) is 13.6. The molecule has 3 rings (SSSR count). The molecule has 0 bridgehead atoms. The molecule has 0 aromatic carbocycles. The number of carbonyl (C=O) groups is 1. The summed E-state index contributed by atoms with van der Waals surface area (Å²) in [6.07, 6.45) is 4.60. The van der Waals surface area contributed by atoms with Crippen LogP contribution in [-0.2, 0) is 16.1 Å². The Bertz CT molecular complexity index is 446. The highest BCUT2D eigenvalue weighted by atomic mass is 16.5. The number of likely N-dealkylation sites (tertiary alicyclic amines) is 2. The number of piperidine rings is 1. The Balaban J connectivity index is 1.58. The molecule has 0 saturated carbocycles. The number of amides is 1. The fourth-order valence-corrected chi connectivity index (χ4v) is 3.39. The van der Waals surface area contributed by atoms with Crippen LogP contribution in [0.5, 0.6) is 0 Å². The van der Waals surface area contributed by atoms with Crippen molar-refractivity contribution in [2.45, 2.75) is 13.0 Å². The lowest BCUT2D eigenvalue weighted by Gasteiger charge is -2.33. The molecule has 2 atom stereocenters. The average Bonchev–Trinajstić information content (AvgIpc) is 3.08. The molecule has 2 aliphatic heterocycles. The minimum absolute atomic E-state index is 0.174. The molecule has 5 heteroatoms. The number of nitrogens with zero attached hydrogens (tertiary/aromatic N) is 2. The third-order valence-electron chi connectivity index (χ3n) is 4.47. The molecule has 0 spiro atoms. The first-order chi connectivity index (χ1) is 9.78. The molecule has 5 nitrogen and oxygen atoms in total. The molecule has 2 saturated heterocycles. The maximum Gasteiger partial charge on any atom is 0.227 e. The van der Waals surface area contributed by atoms with E-state index in [4.69, 9.17) is 9.15 Å². The molecule has 0 unspecified atom stereocenters. The van der Waals surface area contributed by atoms with Gasteiger partial charge in [-0.05, 0) is 18.4 Å². The Labute approximate surface area is 119 Å². The number of methoxy groups -OCH3 is 1. The lowest BCUT2D eigenvalue weighted by atomic mass is 9.88. The van der Waals surface area contributed by atoms with Crippen molar-refractivity contribution in [1.82, 2.24) is 9.80 Å².